The lowest BCUT2D eigenvalue weighted by Crippen LogP contribution is -2.26. The van der Waals surface area contributed by atoms with Crippen molar-refractivity contribution in [3.8, 4) is 0 Å². The van der Waals surface area contributed by atoms with E-state index in [1.807, 2.05) is 30.3 Å². The highest BCUT2D eigenvalue weighted by molar-refractivity contribution is 9.12. The van der Waals surface area contributed by atoms with Gasteiger partial charge in [-0.2, -0.15) is 0 Å². The standard InChI is InChI=1S/C14H17Br2NO4/c15-9-12(16)21-13(18)7-4-8-17-14(19)20-10-11-5-2-1-3-6-11/h1-3,5-6,12H,4,7-10H2,(H,17,19)/t12-/m0/s1. The van der Waals surface area contributed by atoms with E-state index in [9.17, 15) is 9.59 Å². The maximum absolute atomic E-state index is 11.4. The number of esters is 1. The van der Waals surface area contributed by atoms with Crippen molar-refractivity contribution in [2.45, 2.75) is 24.5 Å². The molecule has 0 bridgehead atoms. The summed E-state index contributed by atoms with van der Waals surface area (Å²) >= 11 is 6.36. The fourth-order valence-electron chi connectivity index (χ4n) is 1.43. The molecule has 0 fully saturated rings. The van der Waals surface area contributed by atoms with E-state index in [1.165, 1.54) is 0 Å². The average Bonchev–Trinajstić information content (AvgIpc) is 2.50. The second-order valence-electron chi connectivity index (χ2n) is 4.15. The zero-order valence-corrected chi connectivity index (χ0v) is 14.6. The molecule has 1 amide bonds. The highest BCUT2D eigenvalue weighted by atomic mass is 79.9. The Kier molecular flexibility index (Phi) is 9.09. The molecule has 0 saturated heterocycles. The number of alkyl halides is 2. The highest BCUT2D eigenvalue weighted by Gasteiger charge is 2.09. The fraction of sp³-hybridized carbons (Fsp3) is 0.429. The molecule has 0 spiro atoms. The maximum atomic E-state index is 11.4. The van der Waals surface area contributed by atoms with E-state index in [0.29, 0.717) is 18.3 Å². The van der Waals surface area contributed by atoms with Crippen LogP contribution in [0.2, 0.25) is 0 Å². The number of benzene rings is 1. The van der Waals surface area contributed by atoms with Crippen molar-refractivity contribution in [2.75, 3.05) is 11.9 Å². The molecule has 7 heteroatoms. The first-order valence-corrected chi connectivity index (χ1v) is 8.49. The molecular formula is C14H17Br2NO4. The molecule has 0 saturated carbocycles. The Bertz CT molecular complexity index is 442. The van der Waals surface area contributed by atoms with Gasteiger partial charge >= 0.3 is 12.1 Å². The fourth-order valence-corrected chi connectivity index (χ4v) is 1.77. The zero-order chi connectivity index (χ0) is 15.5. The number of alkyl carbamates (subject to hydrolysis) is 1. The van der Waals surface area contributed by atoms with Crippen LogP contribution in [0.3, 0.4) is 0 Å². The van der Waals surface area contributed by atoms with Gasteiger partial charge in [0.25, 0.3) is 0 Å². The molecule has 0 aromatic heterocycles. The first kappa shape index (κ1) is 18.0. The third-order valence-electron chi connectivity index (χ3n) is 2.42. The maximum Gasteiger partial charge on any atom is 0.407 e. The van der Waals surface area contributed by atoms with Crippen molar-refractivity contribution in [3.05, 3.63) is 35.9 Å². The van der Waals surface area contributed by atoms with E-state index in [2.05, 4.69) is 37.2 Å². The molecule has 0 aliphatic carbocycles. The van der Waals surface area contributed by atoms with Gasteiger partial charge in [-0.1, -0.05) is 46.3 Å². The van der Waals surface area contributed by atoms with Gasteiger partial charge in [0.2, 0.25) is 0 Å². The van der Waals surface area contributed by atoms with E-state index in [4.69, 9.17) is 9.47 Å². The molecule has 1 aromatic rings. The molecular weight excluding hydrogens is 406 g/mol. The Morgan fingerprint density at radius 3 is 2.62 bits per heavy atom. The number of hydrogen-bond acceptors (Lipinski definition) is 4. The van der Waals surface area contributed by atoms with Gasteiger partial charge in [-0.3, -0.25) is 4.79 Å². The van der Waals surface area contributed by atoms with Gasteiger partial charge in [-0.25, -0.2) is 4.79 Å². The number of halogens is 2. The van der Waals surface area contributed by atoms with E-state index < -0.39 is 6.09 Å². The van der Waals surface area contributed by atoms with Gasteiger partial charge in [0.05, 0.1) is 5.33 Å². The normalized spacial score (nSPS) is 11.5. The predicted octanol–water partition coefficient (Wildman–Crippen LogP) is 3.35. The van der Waals surface area contributed by atoms with E-state index in [0.717, 1.165) is 5.56 Å². The summed E-state index contributed by atoms with van der Waals surface area (Å²) in [6.45, 7) is 0.592. The Balaban J connectivity index is 2.07. The number of carbonyl (C=O) groups is 2. The minimum absolute atomic E-state index is 0.227. The third-order valence-corrected chi connectivity index (χ3v) is 4.39. The molecule has 21 heavy (non-hydrogen) atoms. The lowest BCUT2D eigenvalue weighted by molar-refractivity contribution is -0.144. The first-order valence-electron chi connectivity index (χ1n) is 6.46. The molecule has 0 unspecified atom stereocenters. The molecule has 1 atom stereocenters. The zero-order valence-electron chi connectivity index (χ0n) is 11.4. The predicted molar refractivity (Wildman–Crippen MR) is 86.5 cm³/mol. The average molecular weight is 423 g/mol. The second-order valence-corrected chi connectivity index (χ2v) is 5.82. The molecule has 1 aromatic carbocycles. The summed E-state index contributed by atoms with van der Waals surface area (Å²) in [4.78, 5) is 22.8. The number of hydrogen-bond donors (Lipinski definition) is 1. The number of ether oxygens (including phenoxy) is 2. The second kappa shape index (κ2) is 10.6. The molecule has 0 aliphatic heterocycles. The van der Waals surface area contributed by atoms with Crippen LogP contribution in [0.15, 0.2) is 30.3 Å². The minimum atomic E-state index is -0.494. The van der Waals surface area contributed by atoms with Crippen LogP contribution in [0.5, 0.6) is 0 Å². The van der Waals surface area contributed by atoms with E-state index in [-0.39, 0.29) is 24.0 Å². The minimum Gasteiger partial charge on any atom is -0.450 e. The SMILES string of the molecule is O=C(CCCNC(=O)OCc1ccccc1)O[C@H](Br)CBr. The van der Waals surface area contributed by atoms with Crippen molar-refractivity contribution in [1.29, 1.82) is 0 Å². The van der Waals surface area contributed by atoms with Crippen molar-refractivity contribution in [2.24, 2.45) is 0 Å². The molecule has 5 nitrogen and oxygen atoms in total. The highest BCUT2D eigenvalue weighted by Crippen LogP contribution is 2.07. The van der Waals surface area contributed by atoms with Crippen LogP contribution < -0.4 is 5.32 Å². The van der Waals surface area contributed by atoms with Crippen molar-refractivity contribution < 1.29 is 19.1 Å². The number of carbonyl (C=O) groups excluding carboxylic acids is 2. The molecule has 0 aliphatic rings. The molecule has 0 heterocycles. The van der Waals surface area contributed by atoms with Gasteiger partial charge in [0, 0.05) is 13.0 Å². The van der Waals surface area contributed by atoms with Crippen LogP contribution in [0.1, 0.15) is 18.4 Å². The Hall–Kier alpha value is -1.08. The smallest absolute Gasteiger partial charge is 0.407 e. The van der Waals surface area contributed by atoms with Gasteiger partial charge in [0.1, 0.15) is 6.61 Å². The van der Waals surface area contributed by atoms with Crippen LogP contribution >= 0.6 is 31.9 Å². The van der Waals surface area contributed by atoms with Gasteiger partial charge < -0.3 is 14.8 Å². The van der Waals surface area contributed by atoms with Crippen LogP contribution in [0, 0.1) is 0 Å². The van der Waals surface area contributed by atoms with Crippen molar-refractivity contribution in [1.82, 2.24) is 5.32 Å². The quantitative estimate of drug-likeness (QED) is 0.396. The van der Waals surface area contributed by atoms with Crippen LogP contribution in [0.25, 0.3) is 0 Å². The monoisotopic (exact) mass is 421 g/mol. The third kappa shape index (κ3) is 8.72. The lowest BCUT2D eigenvalue weighted by atomic mass is 10.2. The van der Waals surface area contributed by atoms with E-state index >= 15 is 0 Å². The van der Waals surface area contributed by atoms with Crippen LogP contribution in [-0.2, 0) is 20.9 Å². The van der Waals surface area contributed by atoms with Gasteiger partial charge in [0.15, 0.2) is 5.01 Å². The lowest BCUT2D eigenvalue weighted by Gasteiger charge is -2.09. The van der Waals surface area contributed by atoms with Crippen LogP contribution in [-0.4, -0.2) is 29.0 Å². The summed E-state index contributed by atoms with van der Waals surface area (Å²) in [5.41, 5.74) is 0.925. The topological polar surface area (TPSA) is 64.6 Å². The Morgan fingerprint density at radius 2 is 1.95 bits per heavy atom. The molecule has 1 N–H and O–H groups in total. The first-order chi connectivity index (χ1) is 10.1. The summed E-state index contributed by atoms with van der Waals surface area (Å²) in [6.07, 6.45) is 0.251. The summed E-state index contributed by atoms with van der Waals surface area (Å²) in [5, 5.41) is 2.79. The van der Waals surface area contributed by atoms with Gasteiger partial charge in [-0.15, -0.1) is 0 Å². The van der Waals surface area contributed by atoms with Crippen molar-refractivity contribution in [3.63, 3.8) is 0 Å². The summed E-state index contributed by atoms with van der Waals surface area (Å²) in [5.74, 6) is -0.309. The largest absolute Gasteiger partial charge is 0.450 e. The van der Waals surface area contributed by atoms with Crippen molar-refractivity contribution >= 4 is 43.9 Å². The Morgan fingerprint density at radius 1 is 1.24 bits per heavy atom. The van der Waals surface area contributed by atoms with Crippen LogP contribution in [0.4, 0.5) is 4.79 Å². The molecule has 1 rings (SSSR count). The Labute approximate surface area is 140 Å². The summed E-state index contributed by atoms with van der Waals surface area (Å²) in [6, 6.07) is 9.42. The number of amides is 1. The summed E-state index contributed by atoms with van der Waals surface area (Å²) < 4.78 is 10.0. The van der Waals surface area contributed by atoms with E-state index in [1.54, 1.807) is 0 Å². The van der Waals surface area contributed by atoms with Gasteiger partial charge in [-0.05, 0) is 27.9 Å². The number of nitrogens with one attached hydrogen (secondary N) is 1. The summed E-state index contributed by atoms with van der Waals surface area (Å²) in [7, 11) is 0. The number of rotatable bonds is 8. The molecule has 116 valence electrons. The molecule has 0 radical (unpaired) electrons.